The van der Waals surface area contributed by atoms with Gasteiger partial charge in [0, 0.05) is 24.2 Å². The minimum Gasteiger partial charge on any atom is -0.312 e. The summed E-state index contributed by atoms with van der Waals surface area (Å²) in [7, 11) is 0. The Morgan fingerprint density at radius 3 is 2.38 bits per heavy atom. The highest BCUT2D eigenvalue weighted by molar-refractivity contribution is 5.98. The summed E-state index contributed by atoms with van der Waals surface area (Å²) < 4.78 is 0. The minimum atomic E-state index is -0.283. The second-order valence-corrected chi connectivity index (χ2v) is 7.60. The van der Waals surface area contributed by atoms with Crippen molar-refractivity contribution < 1.29 is 9.59 Å². The maximum atomic E-state index is 12.3. The van der Waals surface area contributed by atoms with Gasteiger partial charge in [-0.05, 0) is 60.2 Å². The monoisotopic (exact) mass is 389 g/mol. The van der Waals surface area contributed by atoms with Crippen LogP contribution in [-0.4, -0.2) is 24.6 Å². The Kier molecular flexibility index (Phi) is 6.60. The van der Waals surface area contributed by atoms with E-state index in [0.717, 1.165) is 29.8 Å². The number of rotatable bonds is 6. The zero-order valence-electron chi connectivity index (χ0n) is 17.2. The number of hydrazone groups is 1. The van der Waals surface area contributed by atoms with Crippen molar-refractivity contribution in [1.82, 2.24) is 5.43 Å². The predicted octanol–water partition coefficient (Wildman–Crippen LogP) is 4.76. The van der Waals surface area contributed by atoms with Crippen LogP contribution >= 0.6 is 0 Å². The minimum absolute atomic E-state index is 0.132. The van der Waals surface area contributed by atoms with Gasteiger partial charge in [0.05, 0.1) is 6.21 Å². The molecule has 5 heteroatoms. The van der Waals surface area contributed by atoms with Crippen molar-refractivity contribution in [3.05, 3.63) is 70.8 Å². The van der Waals surface area contributed by atoms with Gasteiger partial charge >= 0.3 is 0 Å². The summed E-state index contributed by atoms with van der Waals surface area (Å²) in [5.41, 5.74) is 7.21. The van der Waals surface area contributed by atoms with Crippen molar-refractivity contribution in [2.75, 3.05) is 11.4 Å². The Bertz CT molecular complexity index is 926. The van der Waals surface area contributed by atoms with E-state index in [2.05, 4.69) is 48.6 Å². The first-order valence-electron chi connectivity index (χ1n) is 9.96. The van der Waals surface area contributed by atoms with E-state index < -0.39 is 0 Å². The molecule has 1 aliphatic rings. The van der Waals surface area contributed by atoms with Crippen LogP contribution in [-0.2, 0) is 4.79 Å². The highest BCUT2D eigenvalue weighted by Gasteiger charge is 2.21. The molecule has 1 heterocycles. The van der Waals surface area contributed by atoms with E-state index in [4.69, 9.17) is 0 Å². The number of nitrogens with zero attached hydrogens (tertiary/aromatic N) is 2. The number of hydrogen-bond donors (Lipinski definition) is 1. The number of amides is 2. The molecule has 150 valence electrons. The predicted molar refractivity (Wildman–Crippen MR) is 118 cm³/mol. The molecular weight excluding hydrogens is 362 g/mol. The van der Waals surface area contributed by atoms with Crippen molar-refractivity contribution in [2.24, 2.45) is 5.10 Å². The Morgan fingerprint density at radius 1 is 1.10 bits per heavy atom. The molecule has 0 saturated carbocycles. The fraction of sp³-hybridized carbons (Fsp3) is 0.292. The number of carbonyl (C=O) groups excluding carboxylic acids is 2. The highest BCUT2D eigenvalue weighted by Crippen LogP contribution is 2.21. The Labute approximate surface area is 172 Å². The van der Waals surface area contributed by atoms with Crippen LogP contribution in [0.4, 0.5) is 5.69 Å². The van der Waals surface area contributed by atoms with E-state index in [1.165, 1.54) is 5.56 Å². The summed E-state index contributed by atoms with van der Waals surface area (Å²) in [5, 5.41) is 4.04. The molecule has 3 rings (SSSR count). The van der Waals surface area contributed by atoms with E-state index in [1.54, 1.807) is 35.4 Å². The molecule has 0 aromatic heterocycles. The number of anilines is 1. The number of benzene rings is 2. The summed E-state index contributed by atoms with van der Waals surface area (Å²) in [6, 6.07) is 15.4. The number of hydrogen-bond acceptors (Lipinski definition) is 3. The van der Waals surface area contributed by atoms with Gasteiger partial charge in [0.1, 0.15) is 0 Å². The Hall–Kier alpha value is -3.21. The first-order chi connectivity index (χ1) is 13.9. The molecule has 1 fully saturated rings. The van der Waals surface area contributed by atoms with Gasteiger partial charge in [-0.15, -0.1) is 0 Å². The van der Waals surface area contributed by atoms with Crippen molar-refractivity contribution >= 4 is 29.8 Å². The van der Waals surface area contributed by atoms with Crippen molar-refractivity contribution in [1.29, 1.82) is 0 Å². The molecule has 29 heavy (non-hydrogen) atoms. The summed E-state index contributed by atoms with van der Waals surface area (Å²) in [6.45, 7) is 7.02. The maximum absolute atomic E-state index is 12.3. The third-order valence-corrected chi connectivity index (χ3v) is 4.95. The lowest BCUT2D eigenvalue weighted by Gasteiger charge is -2.15. The highest BCUT2D eigenvalue weighted by atomic mass is 16.2. The molecule has 0 aliphatic carbocycles. The molecule has 2 aromatic carbocycles. The van der Waals surface area contributed by atoms with Gasteiger partial charge in [-0.25, -0.2) is 5.43 Å². The normalized spacial score (nSPS) is 14.8. The van der Waals surface area contributed by atoms with Crippen LogP contribution in [0, 0.1) is 0 Å². The second-order valence-electron chi connectivity index (χ2n) is 7.60. The van der Waals surface area contributed by atoms with Gasteiger partial charge in [-0.2, -0.15) is 5.10 Å². The molecule has 2 amide bonds. The molecular formula is C24H27N3O2. The molecule has 0 spiro atoms. The number of nitrogens with one attached hydrogen (secondary N) is 1. The van der Waals surface area contributed by atoms with E-state index in [1.807, 2.05) is 13.0 Å². The molecule has 1 saturated heterocycles. The van der Waals surface area contributed by atoms with Gasteiger partial charge in [0.2, 0.25) is 5.91 Å². The molecule has 5 nitrogen and oxygen atoms in total. The fourth-order valence-corrected chi connectivity index (χ4v) is 3.25. The van der Waals surface area contributed by atoms with Gasteiger partial charge in [-0.1, -0.05) is 44.2 Å². The first-order valence-corrected chi connectivity index (χ1v) is 9.96. The maximum Gasteiger partial charge on any atom is 0.271 e. The summed E-state index contributed by atoms with van der Waals surface area (Å²) in [5.74, 6) is 0.360. The molecule has 1 N–H and O–H groups in total. The van der Waals surface area contributed by atoms with Gasteiger partial charge in [0.25, 0.3) is 5.91 Å². The third kappa shape index (κ3) is 5.41. The van der Waals surface area contributed by atoms with Gasteiger partial charge in [0.15, 0.2) is 0 Å². The van der Waals surface area contributed by atoms with E-state index >= 15 is 0 Å². The summed E-state index contributed by atoms with van der Waals surface area (Å²) in [6.07, 6.45) is 5.11. The average molecular weight is 389 g/mol. The van der Waals surface area contributed by atoms with Crippen LogP contribution in [0.1, 0.15) is 61.0 Å². The third-order valence-electron chi connectivity index (χ3n) is 4.95. The lowest BCUT2D eigenvalue weighted by molar-refractivity contribution is -0.117. The fourth-order valence-electron chi connectivity index (χ4n) is 3.25. The van der Waals surface area contributed by atoms with E-state index in [-0.39, 0.29) is 11.8 Å². The van der Waals surface area contributed by atoms with Crippen LogP contribution in [0.25, 0.3) is 6.08 Å². The number of carbonyl (C=O) groups is 2. The van der Waals surface area contributed by atoms with E-state index in [0.29, 0.717) is 17.9 Å². The molecule has 0 bridgehead atoms. The zero-order chi connectivity index (χ0) is 20.8. The molecule has 2 aromatic rings. The Morgan fingerprint density at radius 2 is 1.79 bits per heavy atom. The van der Waals surface area contributed by atoms with Crippen LogP contribution in [0.2, 0.25) is 0 Å². The van der Waals surface area contributed by atoms with Crippen LogP contribution in [0.15, 0.2) is 59.2 Å². The van der Waals surface area contributed by atoms with Gasteiger partial charge < -0.3 is 4.90 Å². The second kappa shape index (κ2) is 9.32. The van der Waals surface area contributed by atoms with Crippen molar-refractivity contribution in [3.63, 3.8) is 0 Å². The van der Waals surface area contributed by atoms with Crippen molar-refractivity contribution in [2.45, 2.75) is 39.5 Å². The lowest BCUT2D eigenvalue weighted by atomic mass is 10.0. The largest absolute Gasteiger partial charge is 0.312 e. The van der Waals surface area contributed by atoms with Crippen molar-refractivity contribution in [3.8, 4) is 0 Å². The summed E-state index contributed by atoms with van der Waals surface area (Å²) >= 11 is 0. The topological polar surface area (TPSA) is 61.8 Å². The first kappa shape index (κ1) is 20.5. The molecule has 0 atom stereocenters. The molecule has 0 radical (unpaired) electrons. The Balaban J connectivity index is 1.56. The average Bonchev–Trinajstić information content (AvgIpc) is 3.14. The van der Waals surface area contributed by atoms with Crippen LogP contribution < -0.4 is 10.3 Å². The summed E-state index contributed by atoms with van der Waals surface area (Å²) in [4.78, 5) is 25.8. The van der Waals surface area contributed by atoms with E-state index in [9.17, 15) is 9.59 Å². The van der Waals surface area contributed by atoms with Gasteiger partial charge in [-0.3, -0.25) is 9.59 Å². The van der Waals surface area contributed by atoms with Crippen LogP contribution in [0.5, 0.6) is 0 Å². The smallest absolute Gasteiger partial charge is 0.271 e. The SMILES string of the molecule is CC(C=NNC(=O)c1ccc(N2CCCC2=O)cc1)=Cc1ccc(C(C)C)cc1. The quantitative estimate of drug-likeness (QED) is 0.572. The number of allylic oxidation sites excluding steroid dienone is 1. The van der Waals surface area contributed by atoms with Crippen LogP contribution in [0.3, 0.4) is 0 Å². The standard InChI is InChI=1S/C24H27N3O2/c1-17(2)20-8-6-19(7-9-20)15-18(3)16-25-26-24(29)21-10-12-22(13-11-21)27-14-4-5-23(27)28/h6-13,15-17H,4-5,14H2,1-3H3,(H,26,29). The molecule has 0 unspecified atom stereocenters. The lowest BCUT2D eigenvalue weighted by Crippen LogP contribution is -2.24. The zero-order valence-corrected chi connectivity index (χ0v) is 17.2. The molecule has 1 aliphatic heterocycles.